The summed E-state index contributed by atoms with van der Waals surface area (Å²) in [5.74, 6) is 1.40. The van der Waals surface area contributed by atoms with Crippen LogP contribution in [0.5, 0.6) is 5.88 Å². The van der Waals surface area contributed by atoms with Crippen molar-refractivity contribution in [3.05, 3.63) is 12.4 Å². The smallest absolute Gasteiger partial charge is 0.218 e. The van der Waals surface area contributed by atoms with Crippen molar-refractivity contribution >= 4 is 5.82 Å². The van der Waals surface area contributed by atoms with Gasteiger partial charge < -0.3 is 14.8 Å². The summed E-state index contributed by atoms with van der Waals surface area (Å²) in [5.41, 5.74) is 0. The zero-order chi connectivity index (χ0) is 10.5. The van der Waals surface area contributed by atoms with Gasteiger partial charge in [0.05, 0.1) is 13.2 Å². The highest BCUT2D eigenvalue weighted by Gasteiger charge is 2.15. The van der Waals surface area contributed by atoms with Gasteiger partial charge in [-0.1, -0.05) is 0 Å². The van der Waals surface area contributed by atoms with Crippen molar-refractivity contribution in [2.75, 3.05) is 25.6 Å². The standard InChI is InChI=1S/C10H15N3O2/c1-11-9-6-10(13-7-12-9)15-8-2-4-14-5-3-8/h6-8H,2-5H2,1H3,(H,11,12,13). The maximum absolute atomic E-state index is 5.73. The molecule has 1 saturated heterocycles. The summed E-state index contributed by atoms with van der Waals surface area (Å²) in [6.07, 6.45) is 3.58. The number of anilines is 1. The molecule has 0 radical (unpaired) electrons. The Morgan fingerprint density at radius 2 is 2.20 bits per heavy atom. The molecule has 15 heavy (non-hydrogen) atoms. The number of ether oxygens (including phenoxy) is 2. The topological polar surface area (TPSA) is 56.3 Å². The first-order valence-corrected chi connectivity index (χ1v) is 5.12. The van der Waals surface area contributed by atoms with E-state index >= 15 is 0 Å². The second kappa shape index (κ2) is 4.93. The second-order valence-electron chi connectivity index (χ2n) is 3.42. The van der Waals surface area contributed by atoms with E-state index in [0.717, 1.165) is 31.9 Å². The summed E-state index contributed by atoms with van der Waals surface area (Å²) < 4.78 is 11.0. The third-order valence-electron chi connectivity index (χ3n) is 2.35. The third kappa shape index (κ3) is 2.79. The van der Waals surface area contributed by atoms with Gasteiger partial charge in [0.2, 0.25) is 5.88 Å². The van der Waals surface area contributed by atoms with Crippen LogP contribution in [-0.2, 0) is 4.74 Å². The van der Waals surface area contributed by atoms with Gasteiger partial charge in [-0.2, -0.15) is 0 Å². The van der Waals surface area contributed by atoms with Crippen LogP contribution in [0, 0.1) is 0 Å². The highest BCUT2D eigenvalue weighted by atomic mass is 16.5. The van der Waals surface area contributed by atoms with Crippen molar-refractivity contribution in [1.29, 1.82) is 0 Å². The Balaban J connectivity index is 1.96. The molecule has 5 nitrogen and oxygen atoms in total. The first-order valence-electron chi connectivity index (χ1n) is 5.12. The van der Waals surface area contributed by atoms with Gasteiger partial charge in [0.1, 0.15) is 18.2 Å². The molecule has 1 aliphatic rings. The normalized spacial score (nSPS) is 17.4. The van der Waals surface area contributed by atoms with Gasteiger partial charge in [0.15, 0.2) is 0 Å². The van der Waals surface area contributed by atoms with Crippen LogP contribution in [-0.4, -0.2) is 36.3 Å². The highest BCUT2D eigenvalue weighted by molar-refractivity contribution is 5.36. The first-order chi connectivity index (χ1) is 7.38. The maximum Gasteiger partial charge on any atom is 0.218 e. The molecule has 1 aromatic heterocycles. The van der Waals surface area contributed by atoms with Crippen molar-refractivity contribution in [3.8, 4) is 5.88 Å². The van der Waals surface area contributed by atoms with Crippen LogP contribution >= 0.6 is 0 Å². The van der Waals surface area contributed by atoms with E-state index in [9.17, 15) is 0 Å². The fourth-order valence-electron chi connectivity index (χ4n) is 1.51. The Labute approximate surface area is 88.8 Å². The minimum atomic E-state index is 0.221. The van der Waals surface area contributed by atoms with E-state index in [1.165, 1.54) is 6.33 Å². The Hall–Kier alpha value is -1.36. The molecular weight excluding hydrogens is 194 g/mol. The third-order valence-corrected chi connectivity index (χ3v) is 2.35. The van der Waals surface area contributed by atoms with Gasteiger partial charge in [-0.05, 0) is 0 Å². The van der Waals surface area contributed by atoms with Crippen molar-refractivity contribution in [3.63, 3.8) is 0 Å². The van der Waals surface area contributed by atoms with Crippen LogP contribution < -0.4 is 10.1 Å². The molecule has 1 aromatic rings. The van der Waals surface area contributed by atoms with E-state index in [4.69, 9.17) is 9.47 Å². The summed E-state index contributed by atoms with van der Waals surface area (Å²) in [5, 5.41) is 2.95. The Bertz CT molecular complexity index is 313. The van der Waals surface area contributed by atoms with Crippen LogP contribution in [0.15, 0.2) is 12.4 Å². The molecular formula is C10H15N3O2. The highest BCUT2D eigenvalue weighted by Crippen LogP contribution is 2.16. The number of aromatic nitrogens is 2. The molecule has 0 aliphatic carbocycles. The largest absolute Gasteiger partial charge is 0.474 e. The van der Waals surface area contributed by atoms with Crippen LogP contribution in [0.25, 0.3) is 0 Å². The van der Waals surface area contributed by atoms with Crippen LogP contribution in [0.1, 0.15) is 12.8 Å². The number of hydrogen-bond acceptors (Lipinski definition) is 5. The zero-order valence-corrected chi connectivity index (χ0v) is 8.77. The molecule has 5 heteroatoms. The van der Waals surface area contributed by atoms with Gasteiger partial charge in [0.25, 0.3) is 0 Å². The van der Waals surface area contributed by atoms with Crippen LogP contribution in [0.2, 0.25) is 0 Å². The van der Waals surface area contributed by atoms with Crippen LogP contribution in [0.4, 0.5) is 5.82 Å². The molecule has 0 unspecified atom stereocenters. The maximum atomic E-state index is 5.73. The molecule has 1 N–H and O–H groups in total. The van der Waals surface area contributed by atoms with E-state index in [2.05, 4.69) is 15.3 Å². The summed E-state index contributed by atoms with van der Waals surface area (Å²) >= 11 is 0. The number of nitrogens with zero attached hydrogens (tertiary/aromatic N) is 2. The molecule has 0 saturated carbocycles. The summed E-state index contributed by atoms with van der Waals surface area (Å²) in [7, 11) is 1.82. The van der Waals surface area contributed by atoms with Crippen molar-refractivity contribution in [2.24, 2.45) is 0 Å². The lowest BCUT2D eigenvalue weighted by atomic mass is 10.2. The van der Waals surface area contributed by atoms with E-state index in [-0.39, 0.29) is 6.10 Å². The van der Waals surface area contributed by atoms with Gasteiger partial charge >= 0.3 is 0 Å². The summed E-state index contributed by atoms with van der Waals surface area (Å²) in [4.78, 5) is 8.09. The molecule has 2 heterocycles. The fraction of sp³-hybridized carbons (Fsp3) is 0.600. The van der Waals surface area contributed by atoms with Crippen molar-refractivity contribution < 1.29 is 9.47 Å². The van der Waals surface area contributed by atoms with Gasteiger partial charge in [0, 0.05) is 26.0 Å². The molecule has 82 valence electrons. The lowest BCUT2D eigenvalue weighted by molar-refractivity contribution is 0.0237. The van der Waals surface area contributed by atoms with E-state index in [0.29, 0.717) is 5.88 Å². The second-order valence-corrected chi connectivity index (χ2v) is 3.42. The quantitative estimate of drug-likeness (QED) is 0.807. The molecule has 2 rings (SSSR count). The average molecular weight is 209 g/mol. The van der Waals surface area contributed by atoms with Gasteiger partial charge in [-0.15, -0.1) is 0 Å². The Kier molecular flexibility index (Phi) is 3.34. The Morgan fingerprint density at radius 3 is 2.93 bits per heavy atom. The number of rotatable bonds is 3. The van der Waals surface area contributed by atoms with E-state index in [1.807, 2.05) is 7.05 Å². The molecule has 1 fully saturated rings. The first kappa shape index (κ1) is 10.2. The van der Waals surface area contributed by atoms with Crippen LogP contribution in [0.3, 0.4) is 0 Å². The summed E-state index contributed by atoms with van der Waals surface area (Å²) in [6.45, 7) is 1.54. The Morgan fingerprint density at radius 1 is 1.40 bits per heavy atom. The SMILES string of the molecule is CNc1cc(OC2CCOCC2)ncn1. The predicted octanol–water partition coefficient (Wildman–Crippen LogP) is 1.08. The molecule has 0 amide bonds. The lowest BCUT2D eigenvalue weighted by Gasteiger charge is -2.22. The predicted molar refractivity (Wildman–Crippen MR) is 56.0 cm³/mol. The monoisotopic (exact) mass is 209 g/mol. The minimum Gasteiger partial charge on any atom is -0.474 e. The zero-order valence-electron chi connectivity index (χ0n) is 8.77. The fourth-order valence-corrected chi connectivity index (χ4v) is 1.51. The molecule has 0 atom stereocenters. The molecule has 0 spiro atoms. The van der Waals surface area contributed by atoms with E-state index in [1.54, 1.807) is 6.07 Å². The molecule has 0 bridgehead atoms. The number of hydrogen-bond donors (Lipinski definition) is 1. The van der Waals surface area contributed by atoms with Gasteiger partial charge in [-0.3, -0.25) is 0 Å². The van der Waals surface area contributed by atoms with Crippen molar-refractivity contribution in [2.45, 2.75) is 18.9 Å². The molecule has 1 aliphatic heterocycles. The van der Waals surface area contributed by atoms with E-state index < -0.39 is 0 Å². The lowest BCUT2D eigenvalue weighted by Crippen LogP contribution is -2.26. The average Bonchev–Trinajstić information content (AvgIpc) is 2.31. The number of nitrogens with one attached hydrogen (secondary N) is 1. The molecule has 0 aromatic carbocycles. The van der Waals surface area contributed by atoms with Crippen molar-refractivity contribution in [1.82, 2.24) is 9.97 Å². The summed E-state index contributed by atoms with van der Waals surface area (Å²) in [6, 6.07) is 1.80. The van der Waals surface area contributed by atoms with Gasteiger partial charge in [-0.25, -0.2) is 9.97 Å². The minimum absolute atomic E-state index is 0.221.